The zero-order valence-corrected chi connectivity index (χ0v) is 28.7. The van der Waals surface area contributed by atoms with E-state index in [4.69, 9.17) is 33.2 Å². The molecule has 0 N–H and O–H groups in total. The summed E-state index contributed by atoms with van der Waals surface area (Å²) in [6.45, 7) is 4.79. The van der Waals surface area contributed by atoms with Gasteiger partial charge in [0.05, 0.1) is 30.6 Å². The Morgan fingerprint density at radius 2 is 1.21 bits per heavy atom. The fourth-order valence-corrected chi connectivity index (χ4v) is 6.22. The van der Waals surface area contributed by atoms with Crippen molar-refractivity contribution < 1.29 is 61.9 Å². The lowest BCUT2D eigenvalue weighted by Gasteiger charge is -2.28. The normalized spacial score (nSPS) is 17.0. The maximum absolute atomic E-state index is 14.8. The standard InChI is InChI=1S/C39H32O13/c1-19(40)47-26-12-6-23(7-13-26)30-17-29(44)34-32(51-30)18-33-35(39(34)50-22(4)43)36(38(52-33)24-8-10-25(46-5)11-9-24)37(45)28-15-14-27(48-20(2)41)16-31(28)49-21(3)42/h6-16,18,30,36,38H,17H2,1-5H3/t30?,36-,38-/m1/s1. The molecule has 0 saturated carbocycles. The lowest BCUT2D eigenvalue weighted by molar-refractivity contribution is -0.133. The molecule has 0 fully saturated rings. The molecule has 2 aliphatic rings. The number of Topliss-reactive ketones (excluding diaryl/α,β-unsaturated/α-hetero) is 2. The Balaban J connectivity index is 1.50. The number of carbonyl (C=O) groups excluding carboxylic acids is 6. The minimum absolute atomic E-state index is 0.0306. The van der Waals surface area contributed by atoms with Crippen LogP contribution in [0.15, 0.2) is 72.8 Å². The third kappa shape index (κ3) is 7.20. The van der Waals surface area contributed by atoms with Crippen molar-refractivity contribution in [3.8, 4) is 40.2 Å². The molecule has 0 aliphatic carbocycles. The van der Waals surface area contributed by atoms with E-state index in [0.717, 1.165) is 13.8 Å². The van der Waals surface area contributed by atoms with E-state index in [1.54, 1.807) is 48.5 Å². The summed E-state index contributed by atoms with van der Waals surface area (Å²) in [6.07, 6.45) is -1.94. The van der Waals surface area contributed by atoms with Gasteiger partial charge >= 0.3 is 23.9 Å². The van der Waals surface area contributed by atoms with Crippen LogP contribution in [0.5, 0.6) is 40.2 Å². The van der Waals surface area contributed by atoms with Crippen molar-refractivity contribution >= 4 is 35.4 Å². The van der Waals surface area contributed by atoms with Gasteiger partial charge in [-0.05, 0) is 47.5 Å². The number of benzene rings is 4. The highest BCUT2D eigenvalue weighted by Gasteiger charge is 2.47. The van der Waals surface area contributed by atoms with Gasteiger partial charge in [-0.1, -0.05) is 24.3 Å². The molecule has 0 radical (unpaired) electrons. The topological polar surface area (TPSA) is 167 Å². The number of hydrogen-bond donors (Lipinski definition) is 0. The number of rotatable bonds is 9. The SMILES string of the molecule is COc1ccc([C@H]2Oc3cc4c(c(OC(C)=O)c3[C@@H]2C(=O)c2ccc(OC(C)=O)cc2OC(C)=O)C(=O)CC(c2ccc(OC(C)=O)cc2)O4)cc1. The van der Waals surface area contributed by atoms with Gasteiger partial charge < -0.3 is 33.2 Å². The number of carbonyl (C=O) groups is 6. The molecule has 0 saturated heterocycles. The Kier molecular flexibility index (Phi) is 9.78. The van der Waals surface area contributed by atoms with Crippen LogP contribution in [0.1, 0.15) is 89.6 Å². The van der Waals surface area contributed by atoms with Crippen molar-refractivity contribution in [3.63, 3.8) is 0 Å². The molecule has 6 rings (SSSR count). The van der Waals surface area contributed by atoms with Gasteiger partial charge in [-0.3, -0.25) is 28.8 Å². The van der Waals surface area contributed by atoms with Crippen LogP contribution < -0.4 is 33.2 Å². The number of ketones is 2. The quantitative estimate of drug-likeness (QED) is 0.110. The summed E-state index contributed by atoms with van der Waals surface area (Å²) in [5, 5.41) is 0. The van der Waals surface area contributed by atoms with Crippen LogP contribution in [0.4, 0.5) is 0 Å². The number of esters is 4. The maximum atomic E-state index is 14.8. The summed E-state index contributed by atoms with van der Waals surface area (Å²) in [5.41, 5.74) is 1.13. The summed E-state index contributed by atoms with van der Waals surface area (Å²) in [6, 6.07) is 18.7. The minimum atomic E-state index is -1.25. The average molecular weight is 709 g/mol. The van der Waals surface area contributed by atoms with E-state index in [1.807, 2.05) is 0 Å². The number of methoxy groups -OCH3 is 1. The smallest absolute Gasteiger partial charge is 0.308 e. The van der Waals surface area contributed by atoms with Crippen LogP contribution in [-0.4, -0.2) is 42.6 Å². The Morgan fingerprint density at radius 3 is 1.83 bits per heavy atom. The molecule has 4 aromatic rings. The van der Waals surface area contributed by atoms with Crippen molar-refractivity contribution in [2.24, 2.45) is 0 Å². The molecule has 2 heterocycles. The Hall–Kier alpha value is -6.50. The molecule has 13 heteroatoms. The Morgan fingerprint density at radius 1 is 0.635 bits per heavy atom. The number of hydrogen-bond acceptors (Lipinski definition) is 13. The predicted molar refractivity (Wildman–Crippen MR) is 180 cm³/mol. The van der Waals surface area contributed by atoms with Gasteiger partial charge in [-0.2, -0.15) is 0 Å². The second-order valence-corrected chi connectivity index (χ2v) is 12.0. The highest BCUT2D eigenvalue weighted by molar-refractivity contribution is 6.08. The van der Waals surface area contributed by atoms with Crippen LogP contribution in [0.2, 0.25) is 0 Å². The van der Waals surface area contributed by atoms with Crippen LogP contribution >= 0.6 is 0 Å². The first-order valence-electron chi connectivity index (χ1n) is 16.1. The zero-order valence-electron chi connectivity index (χ0n) is 28.7. The van der Waals surface area contributed by atoms with Crippen LogP contribution in [0.3, 0.4) is 0 Å². The molecular formula is C39H32O13. The van der Waals surface area contributed by atoms with Gasteiger partial charge in [0, 0.05) is 39.8 Å². The first-order chi connectivity index (χ1) is 24.8. The summed E-state index contributed by atoms with van der Waals surface area (Å²) in [7, 11) is 1.51. The van der Waals surface area contributed by atoms with Crippen molar-refractivity contribution in [2.45, 2.75) is 52.2 Å². The van der Waals surface area contributed by atoms with E-state index in [1.165, 1.54) is 45.2 Å². The van der Waals surface area contributed by atoms with Gasteiger partial charge in [0.2, 0.25) is 0 Å². The van der Waals surface area contributed by atoms with Crippen LogP contribution in [0.25, 0.3) is 0 Å². The molecule has 0 aromatic heterocycles. The molecule has 3 atom stereocenters. The molecule has 0 amide bonds. The largest absolute Gasteiger partial charge is 0.497 e. The highest BCUT2D eigenvalue weighted by Crippen LogP contribution is 2.57. The monoisotopic (exact) mass is 708 g/mol. The number of ether oxygens (including phenoxy) is 7. The van der Waals surface area contributed by atoms with E-state index in [-0.39, 0.29) is 51.9 Å². The first-order valence-corrected chi connectivity index (χ1v) is 16.1. The summed E-state index contributed by atoms with van der Waals surface area (Å²) in [5.74, 6) is -4.24. The molecule has 266 valence electrons. The predicted octanol–water partition coefficient (Wildman–Crippen LogP) is 6.20. The summed E-state index contributed by atoms with van der Waals surface area (Å²) >= 11 is 0. The Labute approximate surface area is 297 Å². The first kappa shape index (κ1) is 35.3. The van der Waals surface area contributed by atoms with Gasteiger partial charge in [0.15, 0.2) is 17.3 Å². The van der Waals surface area contributed by atoms with E-state index in [0.29, 0.717) is 22.6 Å². The van der Waals surface area contributed by atoms with Gasteiger partial charge in [-0.15, -0.1) is 0 Å². The molecule has 1 unspecified atom stereocenters. The van der Waals surface area contributed by atoms with E-state index in [9.17, 15) is 28.8 Å². The molecule has 4 aromatic carbocycles. The second-order valence-electron chi connectivity index (χ2n) is 12.0. The fraction of sp³-hybridized carbons (Fsp3) is 0.231. The van der Waals surface area contributed by atoms with Gasteiger partial charge in [-0.25, -0.2) is 0 Å². The van der Waals surface area contributed by atoms with Crippen molar-refractivity contribution in [1.82, 2.24) is 0 Å². The lowest BCUT2D eigenvalue weighted by Crippen LogP contribution is -2.24. The average Bonchev–Trinajstić information content (AvgIpc) is 3.46. The van der Waals surface area contributed by atoms with Crippen LogP contribution in [-0.2, 0) is 19.2 Å². The third-order valence-corrected chi connectivity index (χ3v) is 8.25. The lowest BCUT2D eigenvalue weighted by atomic mass is 9.82. The zero-order chi connectivity index (χ0) is 37.3. The molecule has 13 nitrogen and oxygen atoms in total. The van der Waals surface area contributed by atoms with E-state index < -0.39 is 53.6 Å². The minimum Gasteiger partial charge on any atom is -0.497 e. The van der Waals surface area contributed by atoms with Crippen molar-refractivity contribution in [3.05, 3.63) is 101 Å². The van der Waals surface area contributed by atoms with Gasteiger partial charge in [0.25, 0.3) is 0 Å². The summed E-state index contributed by atoms with van der Waals surface area (Å²) in [4.78, 5) is 76.5. The van der Waals surface area contributed by atoms with E-state index in [2.05, 4.69) is 0 Å². The molecule has 2 aliphatic heterocycles. The third-order valence-electron chi connectivity index (χ3n) is 8.25. The van der Waals surface area contributed by atoms with E-state index >= 15 is 0 Å². The van der Waals surface area contributed by atoms with Crippen molar-refractivity contribution in [1.29, 1.82) is 0 Å². The maximum Gasteiger partial charge on any atom is 0.308 e. The summed E-state index contributed by atoms with van der Waals surface area (Å²) < 4.78 is 39.5. The number of fused-ring (bicyclic) bond motifs is 2. The molecule has 52 heavy (non-hydrogen) atoms. The van der Waals surface area contributed by atoms with Gasteiger partial charge in [0.1, 0.15) is 52.3 Å². The highest BCUT2D eigenvalue weighted by atomic mass is 16.6. The van der Waals surface area contributed by atoms with Crippen molar-refractivity contribution in [2.75, 3.05) is 7.11 Å². The molecule has 0 spiro atoms. The molecule has 0 bridgehead atoms. The molecular weight excluding hydrogens is 676 g/mol. The second kappa shape index (κ2) is 14.4. The fourth-order valence-electron chi connectivity index (χ4n) is 6.22. The Bertz CT molecular complexity index is 2120. The van der Waals surface area contributed by atoms with Crippen LogP contribution in [0, 0.1) is 0 Å².